The zero-order valence-corrected chi connectivity index (χ0v) is 8.21. The molecule has 3 heterocycles. The summed E-state index contributed by atoms with van der Waals surface area (Å²) >= 11 is 1.75. The van der Waals surface area contributed by atoms with E-state index in [1.54, 1.807) is 11.3 Å². The fraction of sp³-hybridized carbons (Fsp3) is 0. The average Bonchev–Trinajstić information content (AvgIpc) is 2.88. The maximum absolute atomic E-state index is 4.26. The topological polar surface area (TPSA) is 28.7 Å². The van der Waals surface area contributed by atoms with Gasteiger partial charge in [0, 0.05) is 28.2 Å². The van der Waals surface area contributed by atoms with Crippen molar-refractivity contribution in [2.75, 3.05) is 0 Å². The van der Waals surface area contributed by atoms with Gasteiger partial charge in [-0.15, -0.1) is 11.3 Å². The Labute approximate surface area is 85.2 Å². The molecule has 0 saturated carbocycles. The van der Waals surface area contributed by atoms with Crippen molar-refractivity contribution in [3.8, 4) is 10.4 Å². The SMILES string of the molecule is c1csc(-c2ccnc3[nH]ccc23)c1. The Hall–Kier alpha value is -1.61. The van der Waals surface area contributed by atoms with Crippen molar-refractivity contribution in [1.82, 2.24) is 9.97 Å². The van der Waals surface area contributed by atoms with Gasteiger partial charge in [-0.05, 0) is 23.6 Å². The van der Waals surface area contributed by atoms with E-state index in [0.29, 0.717) is 0 Å². The number of H-pyrrole nitrogens is 1. The van der Waals surface area contributed by atoms with Crippen LogP contribution in [0.25, 0.3) is 21.5 Å². The minimum atomic E-state index is 0.955. The van der Waals surface area contributed by atoms with Gasteiger partial charge in [-0.2, -0.15) is 0 Å². The van der Waals surface area contributed by atoms with Crippen LogP contribution < -0.4 is 0 Å². The predicted octanol–water partition coefficient (Wildman–Crippen LogP) is 3.29. The first-order valence-corrected chi connectivity index (χ1v) is 5.29. The van der Waals surface area contributed by atoms with E-state index in [9.17, 15) is 0 Å². The van der Waals surface area contributed by atoms with Gasteiger partial charge in [0.25, 0.3) is 0 Å². The molecule has 68 valence electrons. The third-order valence-electron chi connectivity index (χ3n) is 2.25. The van der Waals surface area contributed by atoms with Gasteiger partial charge in [-0.3, -0.25) is 0 Å². The summed E-state index contributed by atoms with van der Waals surface area (Å²) in [4.78, 5) is 8.67. The van der Waals surface area contributed by atoms with E-state index in [1.165, 1.54) is 15.8 Å². The molecule has 2 nitrogen and oxygen atoms in total. The van der Waals surface area contributed by atoms with E-state index in [0.717, 1.165) is 5.65 Å². The summed E-state index contributed by atoms with van der Waals surface area (Å²) in [6.45, 7) is 0. The summed E-state index contributed by atoms with van der Waals surface area (Å²) in [6, 6.07) is 8.32. The Morgan fingerprint density at radius 1 is 1.21 bits per heavy atom. The first-order valence-electron chi connectivity index (χ1n) is 4.41. The largest absolute Gasteiger partial charge is 0.346 e. The molecule has 3 aromatic heterocycles. The summed E-state index contributed by atoms with van der Waals surface area (Å²) < 4.78 is 0. The third-order valence-corrected chi connectivity index (χ3v) is 3.15. The number of aromatic nitrogens is 2. The van der Waals surface area contributed by atoms with Crippen LogP contribution in [0.3, 0.4) is 0 Å². The maximum atomic E-state index is 4.26. The lowest BCUT2D eigenvalue weighted by atomic mass is 10.1. The standard InChI is InChI=1S/C11H8N2S/c1-2-10(14-7-1)8-3-5-12-11-9(8)4-6-13-11/h1-7H,(H,12,13). The van der Waals surface area contributed by atoms with Crippen LogP contribution in [0.5, 0.6) is 0 Å². The Bertz CT molecular complexity index is 551. The summed E-state index contributed by atoms with van der Waals surface area (Å²) in [5.41, 5.74) is 2.21. The molecule has 0 fully saturated rings. The van der Waals surface area contributed by atoms with E-state index in [4.69, 9.17) is 0 Å². The lowest BCUT2D eigenvalue weighted by Crippen LogP contribution is -1.78. The van der Waals surface area contributed by atoms with Crippen molar-refractivity contribution in [2.45, 2.75) is 0 Å². The van der Waals surface area contributed by atoms with Crippen LogP contribution >= 0.6 is 11.3 Å². The normalized spacial score (nSPS) is 10.9. The number of fused-ring (bicyclic) bond motifs is 1. The van der Waals surface area contributed by atoms with Crippen LogP contribution in [-0.2, 0) is 0 Å². The fourth-order valence-corrected chi connectivity index (χ4v) is 2.37. The predicted molar refractivity (Wildman–Crippen MR) is 59.4 cm³/mol. The molecule has 3 aromatic rings. The number of rotatable bonds is 1. The molecule has 0 radical (unpaired) electrons. The number of hydrogen-bond acceptors (Lipinski definition) is 2. The summed E-state index contributed by atoms with van der Waals surface area (Å²) in [6.07, 6.45) is 3.77. The number of thiophene rings is 1. The quantitative estimate of drug-likeness (QED) is 0.641. The lowest BCUT2D eigenvalue weighted by Gasteiger charge is -1.98. The van der Waals surface area contributed by atoms with Crippen molar-refractivity contribution in [1.29, 1.82) is 0 Å². The third kappa shape index (κ3) is 1.06. The monoisotopic (exact) mass is 200 g/mol. The van der Waals surface area contributed by atoms with Crippen LogP contribution in [0.4, 0.5) is 0 Å². The molecule has 0 aliphatic carbocycles. The van der Waals surface area contributed by atoms with E-state index >= 15 is 0 Å². The maximum Gasteiger partial charge on any atom is 0.137 e. The molecule has 0 saturated heterocycles. The lowest BCUT2D eigenvalue weighted by molar-refractivity contribution is 1.33. The summed E-state index contributed by atoms with van der Waals surface area (Å²) in [7, 11) is 0. The molecule has 0 aliphatic rings. The highest BCUT2D eigenvalue weighted by Crippen LogP contribution is 2.29. The molecule has 0 aliphatic heterocycles. The number of nitrogens with one attached hydrogen (secondary N) is 1. The van der Waals surface area contributed by atoms with Crippen molar-refractivity contribution < 1.29 is 0 Å². The van der Waals surface area contributed by atoms with Crippen LogP contribution in [0, 0.1) is 0 Å². The van der Waals surface area contributed by atoms with E-state index in [2.05, 4.69) is 39.6 Å². The Balaban J connectivity index is 2.36. The van der Waals surface area contributed by atoms with Crippen LogP contribution in [0.15, 0.2) is 42.0 Å². The number of aromatic amines is 1. The highest BCUT2D eigenvalue weighted by Gasteiger charge is 2.04. The molecule has 1 N–H and O–H groups in total. The number of hydrogen-bond donors (Lipinski definition) is 1. The minimum Gasteiger partial charge on any atom is -0.346 e. The summed E-state index contributed by atoms with van der Waals surface area (Å²) in [5, 5.41) is 3.28. The fourth-order valence-electron chi connectivity index (χ4n) is 1.61. The second-order valence-electron chi connectivity index (χ2n) is 3.08. The zero-order chi connectivity index (χ0) is 9.38. The van der Waals surface area contributed by atoms with Crippen LogP contribution in [-0.4, -0.2) is 9.97 Å². The first kappa shape index (κ1) is 7.76. The molecule has 3 heteroatoms. The van der Waals surface area contributed by atoms with Gasteiger partial charge in [0.1, 0.15) is 5.65 Å². The Morgan fingerprint density at radius 2 is 2.21 bits per heavy atom. The molecule has 0 amide bonds. The van der Waals surface area contributed by atoms with Crippen molar-refractivity contribution in [3.63, 3.8) is 0 Å². The average molecular weight is 200 g/mol. The molecular formula is C11H8N2S. The van der Waals surface area contributed by atoms with Crippen molar-refractivity contribution in [2.24, 2.45) is 0 Å². The number of pyridine rings is 1. The van der Waals surface area contributed by atoms with Gasteiger partial charge >= 0.3 is 0 Å². The Kier molecular flexibility index (Phi) is 1.64. The van der Waals surface area contributed by atoms with Gasteiger partial charge in [0.15, 0.2) is 0 Å². The van der Waals surface area contributed by atoms with Crippen LogP contribution in [0.1, 0.15) is 0 Å². The highest BCUT2D eigenvalue weighted by atomic mass is 32.1. The molecule has 3 rings (SSSR count). The van der Waals surface area contributed by atoms with Gasteiger partial charge in [0.2, 0.25) is 0 Å². The van der Waals surface area contributed by atoms with E-state index in [1.807, 2.05) is 12.4 Å². The Morgan fingerprint density at radius 3 is 3.07 bits per heavy atom. The van der Waals surface area contributed by atoms with Crippen LogP contribution in [0.2, 0.25) is 0 Å². The highest BCUT2D eigenvalue weighted by molar-refractivity contribution is 7.13. The molecule has 0 unspecified atom stereocenters. The first-order chi connectivity index (χ1) is 6.95. The molecule has 0 bridgehead atoms. The van der Waals surface area contributed by atoms with Gasteiger partial charge in [-0.25, -0.2) is 4.98 Å². The zero-order valence-electron chi connectivity index (χ0n) is 7.40. The number of nitrogens with zero attached hydrogens (tertiary/aromatic N) is 1. The van der Waals surface area contributed by atoms with E-state index in [-0.39, 0.29) is 0 Å². The van der Waals surface area contributed by atoms with Gasteiger partial charge < -0.3 is 4.98 Å². The van der Waals surface area contributed by atoms with Gasteiger partial charge in [-0.1, -0.05) is 6.07 Å². The second kappa shape index (κ2) is 2.96. The summed E-state index contributed by atoms with van der Waals surface area (Å²) in [5.74, 6) is 0. The van der Waals surface area contributed by atoms with E-state index < -0.39 is 0 Å². The second-order valence-corrected chi connectivity index (χ2v) is 4.02. The molecule has 0 atom stereocenters. The molecular weight excluding hydrogens is 192 g/mol. The van der Waals surface area contributed by atoms with Gasteiger partial charge in [0.05, 0.1) is 0 Å². The molecule has 14 heavy (non-hydrogen) atoms. The smallest absolute Gasteiger partial charge is 0.137 e. The molecule has 0 spiro atoms. The van der Waals surface area contributed by atoms with Crippen molar-refractivity contribution >= 4 is 22.4 Å². The minimum absolute atomic E-state index is 0.955. The van der Waals surface area contributed by atoms with Crippen molar-refractivity contribution in [3.05, 3.63) is 42.0 Å². The molecule has 0 aromatic carbocycles.